The summed E-state index contributed by atoms with van der Waals surface area (Å²) in [4.78, 5) is 25.9. The number of hydrogen-bond acceptors (Lipinski definition) is 5. The van der Waals surface area contributed by atoms with Gasteiger partial charge < -0.3 is 15.1 Å². The Morgan fingerprint density at radius 2 is 1.80 bits per heavy atom. The van der Waals surface area contributed by atoms with E-state index in [9.17, 15) is 4.79 Å². The van der Waals surface area contributed by atoms with Gasteiger partial charge in [-0.25, -0.2) is 4.98 Å². The number of aryl methyl sites for hydroxylation is 1. The fraction of sp³-hybridized carbons (Fsp3) is 0.421. The third kappa shape index (κ3) is 2.44. The number of nitrogens with one attached hydrogen (secondary N) is 1. The van der Waals surface area contributed by atoms with Gasteiger partial charge in [0.25, 0.3) is 5.91 Å². The van der Waals surface area contributed by atoms with Crippen molar-refractivity contribution < 1.29 is 4.79 Å². The Morgan fingerprint density at radius 1 is 1.12 bits per heavy atom. The minimum atomic E-state index is -0.447. The number of fused-ring (bicyclic) bond motifs is 1. The monoisotopic (exact) mass is 337 g/mol. The highest BCUT2D eigenvalue weighted by Crippen LogP contribution is 2.45. The molecule has 1 fully saturated rings. The van der Waals surface area contributed by atoms with Gasteiger partial charge in [-0.15, -0.1) is 0 Å². The molecule has 1 amide bonds. The van der Waals surface area contributed by atoms with Crippen molar-refractivity contribution in [2.75, 3.05) is 29.2 Å². The molecular formula is C19H23N5O. The van der Waals surface area contributed by atoms with E-state index in [0.717, 1.165) is 42.9 Å². The molecule has 1 N–H and O–H groups in total. The van der Waals surface area contributed by atoms with Crippen molar-refractivity contribution in [1.29, 1.82) is 0 Å². The van der Waals surface area contributed by atoms with Crippen LogP contribution in [0, 0.1) is 6.92 Å². The van der Waals surface area contributed by atoms with Gasteiger partial charge in [0.2, 0.25) is 5.95 Å². The lowest BCUT2D eigenvalue weighted by Crippen LogP contribution is -2.60. The number of benzene rings is 1. The molecule has 1 spiro atoms. The topological polar surface area (TPSA) is 61.4 Å². The fourth-order valence-electron chi connectivity index (χ4n) is 3.95. The molecule has 0 saturated heterocycles. The number of amides is 1. The van der Waals surface area contributed by atoms with E-state index in [4.69, 9.17) is 4.98 Å². The maximum atomic E-state index is 12.9. The molecule has 0 atom stereocenters. The predicted octanol–water partition coefficient (Wildman–Crippen LogP) is 3.25. The first-order chi connectivity index (χ1) is 12.0. The van der Waals surface area contributed by atoms with Crippen molar-refractivity contribution in [1.82, 2.24) is 9.97 Å². The molecule has 1 aromatic heterocycles. The quantitative estimate of drug-likeness (QED) is 0.911. The molecule has 6 heteroatoms. The van der Waals surface area contributed by atoms with Gasteiger partial charge in [-0.2, -0.15) is 4.98 Å². The number of carbonyl (C=O) groups is 1. The van der Waals surface area contributed by atoms with Crippen molar-refractivity contribution in [2.24, 2.45) is 0 Å². The molecule has 1 aliphatic carbocycles. The normalized spacial score (nSPS) is 18.6. The van der Waals surface area contributed by atoms with E-state index in [1.807, 2.05) is 38.4 Å². The van der Waals surface area contributed by atoms with Crippen LogP contribution in [0.5, 0.6) is 0 Å². The van der Waals surface area contributed by atoms with Gasteiger partial charge in [0.05, 0.1) is 6.20 Å². The summed E-state index contributed by atoms with van der Waals surface area (Å²) in [6.07, 6.45) is 5.67. The zero-order chi connectivity index (χ0) is 17.6. The molecule has 2 aliphatic rings. The molecule has 0 unspecified atom stereocenters. The molecule has 1 aliphatic heterocycles. The maximum Gasteiger partial charge on any atom is 0.252 e. The summed E-state index contributed by atoms with van der Waals surface area (Å²) >= 11 is 0. The maximum absolute atomic E-state index is 12.9. The summed E-state index contributed by atoms with van der Waals surface area (Å²) < 4.78 is 0. The van der Waals surface area contributed by atoms with Crippen LogP contribution in [0.4, 0.5) is 23.1 Å². The number of aromatic nitrogens is 2. The second-order valence-corrected chi connectivity index (χ2v) is 7.06. The largest absolute Gasteiger partial charge is 0.343 e. The number of hydrogen-bond donors (Lipinski definition) is 1. The van der Waals surface area contributed by atoms with Gasteiger partial charge in [-0.05, 0) is 31.9 Å². The standard InChI is InChI=1S/C19H23N5O/c1-13-6-8-14(9-7-13)21-18-20-12-15-16(22-18)24(3)19(10-4-5-11-19)17(25)23(15)2/h6-9,12H,4-5,10-11H2,1-3H3,(H,20,21,22). The van der Waals surface area contributed by atoms with E-state index < -0.39 is 5.54 Å². The van der Waals surface area contributed by atoms with E-state index in [1.54, 1.807) is 11.1 Å². The van der Waals surface area contributed by atoms with Crippen LogP contribution in [-0.4, -0.2) is 35.5 Å². The molecular weight excluding hydrogens is 314 g/mol. The Balaban J connectivity index is 1.70. The summed E-state index contributed by atoms with van der Waals surface area (Å²) in [6.45, 7) is 2.06. The molecule has 0 radical (unpaired) electrons. The number of carbonyl (C=O) groups excluding carboxylic acids is 1. The minimum Gasteiger partial charge on any atom is -0.343 e. The van der Waals surface area contributed by atoms with Crippen molar-refractivity contribution >= 4 is 29.0 Å². The number of rotatable bonds is 2. The van der Waals surface area contributed by atoms with Gasteiger partial charge in [-0.1, -0.05) is 30.5 Å². The Labute approximate surface area is 147 Å². The zero-order valence-corrected chi connectivity index (χ0v) is 14.9. The lowest BCUT2D eigenvalue weighted by atomic mass is 9.91. The Hall–Kier alpha value is -2.63. The summed E-state index contributed by atoms with van der Waals surface area (Å²) in [5.74, 6) is 1.52. The van der Waals surface area contributed by atoms with Crippen LogP contribution in [0.1, 0.15) is 31.2 Å². The SMILES string of the molecule is Cc1ccc(Nc2ncc3c(n2)N(C)C2(CCCC2)C(=O)N3C)cc1. The second-order valence-electron chi connectivity index (χ2n) is 7.06. The minimum absolute atomic E-state index is 0.155. The first-order valence-corrected chi connectivity index (χ1v) is 8.74. The van der Waals surface area contributed by atoms with Gasteiger partial charge >= 0.3 is 0 Å². The van der Waals surface area contributed by atoms with Gasteiger partial charge in [-0.3, -0.25) is 4.79 Å². The average molecular weight is 337 g/mol. The molecule has 130 valence electrons. The van der Waals surface area contributed by atoms with Crippen LogP contribution in [0.2, 0.25) is 0 Å². The van der Waals surface area contributed by atoms with Crippen molar-refractivity contribution in [3.05, 3.63) is 36.0 Å². The average Bonchev–Trinajstić information content (AvgIpc) is 3.11. The molecule has 2 heterocycles. The molecule has 6 nitrogen and oxygen atoms in total. The zero-order valence-electron chi connectivity index (χ0n) is 14.9. The van der Waals surface area contributed by atoms with Crippen molar-refractivity contribution in [3.8, 4) is 0 Å². The van der Waals surface area contributed by atoms with Crippen LogP contribution < -0.4 is 15.1 Å². The highest BCUT2D eigenvalue weighted by molar-refractivity contribution is 6.07. The Kier molecular flexibility index (Phi) is 3.63. The van der Waals surface area contributed by atoms with Crippen molar-refractivity contribution in [2.45, 2.75) is 38.1 Å². The lowest BCUT2D eigenvalue weighted by Gasteiger charge is -2.45. The number of likely N-dealkylation sites (N-methyl/N-ethyl adjacent to an activating group) is 2. The molecule has 0 bridgehead atoms. The van der Waals surface area contributed by atoms with Gasteiger partial charge in [0, 0.05) is 19.8 Å². The van der Waals surface area contributed by atoms with Crippen LogP contribution in [-0.2, 0) is 4.79 Å². The molecule has 25 heavy (non-hydrogen) atoms. The Morgan fingerprint density at radius 3 is 2.48 bits per heavy atom. The lowest BCUT2D eigenvalue weighted by molar-refractivity contribution is -0.123. The van der Waals surface area contributed by atoms with Crippen LogP contribution in [0.25, 0.3) is 0 Å². The first kappa shape index (κ1) is 15.9. The summed E-state index contributed by atoms with van der Waals surface area (Å²) in [7, 11) is 3.81. The first-order valence-electron chi connectivity index (χ1n) is 8.74. The number of anilines is 4. The highest BCUT2D eigenvalue weighted by atomic mass is 16.2. The van der Waals surface area contributed by atoms with E-state index in [0.29, 0.717) is 5.95 Å². The molecule has 1 aromatic carbocycles. The van der Waals surface area contributed by atoms with Gasteiger partial charge in [0.15, 0.2) is 5.82 Å². The second kappa shape index (κ2) is 5.72. The summed E-state index contributed by atoms with van der Waals surface area (Å²) in [5, 5.41) is 3.25. The third-order valence-electron chi connectivity index (χ3n) is 5.51. The van der Waals surface area contributed by atoms with Crippen LogP contribution in [0.3, 0.4) is 0 Å². The highest BCUT2D eigenvalue weighted by Gasteiger charge is 2.51. The summed E-state index contributed by atoms with van der Waals surface area (Å²) in [5.41, 5.74) is 2.47. The molecule has 4 rings (SSSR count). The Bertz CT molecular complexity index is 811. The molecule has 1 saturated carbocycles. The van der Waals surface area contributed by atoms with Gasteiger partial charge in [0.1, 0.15) is 11.2 Å². The summed E-state index contributed by atoms with van der Waals surface area (Å²) in [6, 6.07) is 8.12. The van der Waals surface area contributed by atoms with E-state index in [-0.39, 0.29) is 5.91 Å². The third-order valence-corrected chi connectivity index (χ3v) is 5.51. The van der Waals surface area contributed by atoms with Crippen molar-refractivity contribution in [3.63, 3.8) is 0 Å². The van der Waals surface area contributed by atoms with Crippen LogP contribution in [0.15, 0.2) is 30.5 Å². The van der Waals surface area contributed by atoms with E-state index in [2.05, 4.69) is 22.1 Å². The van der Waals surface area contributed by atoms with E-state index >= 15 is 0 Å². The van der Waals surface area contributed by atoms with E-state index in [1.165, 1.54) is 5.56 Å². The number of nitrogens with zero attached hydrogens (tertiary/aromatic N) is 4. The fourth-order valence-corrected chi connectivity index (χ4v) is 3.95. The molecule has 2 aromatic rings. The predicted molar refractivity (Wildman–Crippen MR) is 99.5 cm³/mol. The van der Waals surface area contributed by atoms with Crippen LogP contribution >= 0.6 is 0 Å². The smallest absolute Gasteiger partial charge is 0.252 e.